The average Bonchev–Trinajstić information content (AvgIpc) is 3.77. The number of benzene rings is 3. The van der Waals surface area contributed by atoms with Crippen molar-refractivity contribution in [2.45, 2.75) is 12.8 Å². The summed E-state index contributed by atoms with van der Waals surface area (Å²) in [6.45, 7) is -0.545. The van der Waals surface area contributed by atoms with Crippen LogP contribution in [0.5, 0.6) is 23.0 Å². The van der Waals surface area contributed by atoms with Crippen LogP contribution in [-0.2, 0) is 14.4 Å². The minimum Gasteiger partial charge on any atom is -0.493 e. The van der Waals surface area contributed by atoms with E-state index in [0.717, 1.165) is 0 Å². The fourth-order valence-electron chi connectivity index (χ4n) is 4.13. The molecule has 2 amide bonds. The Morgan fingerprint density at radius 2 is 1.61 bits per heavy atom. The summed E-state index contributed by atoms with van der Waals surface area (Å²) in [7, 11) is 1.42. The van der Waals surface area contributed by atoms with Crippen molar-refractivity contribution < 1.29 is 38.1 Å². The number of carboxylic acids is 1. The quantitative estimate of drug-likeness (QED) is 0.205. The van der Waals surface area contributed by atoms with Crippen LogP contribution < -0.4 is 24.8 Å². The van der Waals surface area contributed by atoms with Gasteiger partial charge in [0.15, 0.2) is 18.1 Å². The maximum atomic E-state index is 13.2. The first-order valence-electron chi connectivity index (χ1n) is 12.4. The Kier molecular flexibility index (Phi) is 7.62. The molecular formula is C29H23ClFN3O7. The topological polar surface area (TPSA) is 136 Å². The molecule has 0 unspecified atom stereocenters. The van der Waals surface area contributed by atoms with Crippen molar-refractivity contribution in [3.8, 4) is 23.0 Å². The van der Waals surface area contributed by atoms with Crippen LogP contribution >= 0.6 is 11.6 Å². The number of halogens is 2. The zero-order valence-electron chi connectivity index (χ0n) is 21.6. The molecule has 4 aromatic rings. The highest BCUT2D eigenvalue weighted by molar-refractivity contribution is 6.32. The second-order valence-electron chi connectivity index (χ2n) is 9.26. The van der Waals surface area contributed by atoms with E-state index in [9.17, 15) is 18.8 Å². The highest BCUT2D eigenvalue weighted by Gasteiger charge is 2.56. The highest BCUT2D eigenvalue weighted by atomic mass is 35.5. The summed E-state index contributed by atoms with van der Waals surface area (Å²) in [4.78, 5) is 41.0. The van der Waals surface area contributed by atoms with Crippen molar-refractivity contribution in [2.24, 2.45) is 5.41 Å². The summed E-state index contributed by atoms with van der Waals surface area (Å²) < 4.78 is 29.8. The molecule has 0 atom stereocenters. The first kappa shape index (κ1) is 27.7. The molecule has 1 fully saturated rings. The molecule has 0 radical (unpaired) electrons. The molecule has 210 valence electrons. The van der Waals surface area contributed by atoms with Crippen molar-refractivity contribution in [1.29, 1.82) is 0 Å². The standard InChI is InChI=1S/C29H23ClFN3O7/c1-39-24-13-19-21(14-25(24)40-15-26(35)36)32-11-8-22(19)41-23-7-6-18(12-20(23)30)34-28(38)29(9-10-29)27(37)33-17-4-2-16(31)3-5-17/h2-8,11-14H,9-10,15H2,1H3,(H,33,37)(H,34,38)(H,35,36). The number of carbonyl (C=O) groups is 3. The third-order valence-corrected chi connectivity index (χ3v) is 6.76. The molecule has 12 heteroatoms. The number of methoxy groups -OCH3 is 1. The summed E-state index contributed by atoms with van der Waals surface area (Å²) >= 11 is 6.48. The maximum absolute atomic E-state index is 13.2. The number of amides is 2. The Bertz CT molecular complexity index is 1660. The molecule has 1 heterocycles. The first-order valence-corrected chi connectivity index (χ1v) is 12.7. The monoisotopic (exact) mass is 579 g/mol. The van der Waals surface area contributed by atoms with E-state index >= 15 is 0 Å². The van der Waals surface area contributed by atoms with Gasteiger partial charge in [0.05, 0.1) is 17.6 Å². The zero-order valence-corrected chi connectivity index (χ0v) is 22.3. The number of hydrogen-bond acceptors (Lipinski definition) is 7. The second kappa shape index (κ2) is 11.3. The molecule has 0 bridgehead atoms. The first-order chi connectivity index (χ1) is 19.7. The van der Waals surface area contributed by atoms with Gasteiger partial charge in [-0.2, -0.15) is 0 Å². The average molecular weight is 580 g/mol. The summed E-state index contributed by atoms with van der Waals surface area (Å²) in [5.41, 5.74) is 0.00949. The van der Waals surface area contributed by atoms with Crippen LogP contribution in [0.25, 0.3) is 10.9 Å². The molecule has 41 heavy (non-hydrogen) atoms. The number of carbonyl (C=O) groups excluding carboxylic acids is 2. The Morgan fingerprint density at radius 1 is 0.927 bits per heavy atom. The SMILES string of the molecule is COc1cc2c(Oc3ccc(NC(=O)C4(C(=O)Nc5ccc(F)cc5)CC4)cc3Cl)ccnc2cc1OCC(=O)O. The predicted octanol–water partition coefficient (Wildman–Crippen LogP) is 5.65. The third-order valence-electron chi connectivity index (χ3n) is 6.47. The number of rotatable bonds is 10. The maximum Gasteiger partial charge on any atom is 0.341 e. The zero-order chi connectivity index (χ0) is 29.1. The number of nitrogens with one attached hydrogen (secondary N) is 2. The van der Waals surface area contributed by atoms with Gasteiger partial charge in [-0.15, -0.1) is 0 Å². The van der Waals surface area contributed by atoms with Crippen LogP contribution in [0.1, 0.15) is 12.8 Å². The van der Waals surface area contributed by atoms with Gasteiger partial charge in [-0.25, -0.2) is 9.18 Å². The van der Waals surface area contributed by atoms with E-state index in [2.05, 4.69) is 15.6 Å². The Balaban J connectivity index is 1.30. The Hall–Kier alpha value is -4.90. The summed E-state index contributed by atoms with van der Waals surface area (Å²) in [5, 5.41) is 15.1. The number of hydrogen-bond donors (Lipinski definition) is 3. The molecule has 0 spiro atoms. The molecule has 0 saturated heterocycles. The lowest BCUT2D eigenvalue weighted by Crippen LogP contribution is -2.35. The normalized spacial score (nSPS) is 13.2. The van der Waals surface area contributed by atoms with Gasteiger partial charge >= 0.3 is 5.97 Å². The number of pyridine rings is 1. The molecule has 1 aromatic heterocycles. The van der Waals surface area contributed by atoms with Gasteiger partial charge < -0.3 is 30.0 Å². The smallest absolute Gasteiger partial charge is 0.341 e. The summed E-state index contributed by atoms with van der Waals surface area (Å²) in [5.74, 6) is -1.32. The van der Waals surface area contributed by atoms with Crippen LogP contribution in [-0.4, -0.2) is 41.6 Å². The van der Waals surface area contributed by atoms with E-state index in [-0.39, 0.29) is 16.5 Å². The van der Waals surface area contributed by atoms with Gasteiger partial charge in [-0.1, -0.05) is 11.6 Å². The molecule has 1 saturated carbocycles. The fraction of sp³-hybridized carbons (Fsp3) is 0.172. The van der Waals surface area contributed by atoms with Gasteiger partial charge in [0.1, 0.15) is 22.7 Å². The number of aromatic nitrogens is 1. The van der Waals surface area contributed by atoms with E-state index in [1.54, 1.807) is 30.3 Å². The van der Waals surface area contributed by atoms with E-state index in [1.165, 1.54) is 43.6 Å². The predicted molar refractivity (Wildman–Crippen MR) is 148 cm³/mol. The number of carboxylic acid groups (broad SMARTS) is 1. The molecule has 3 N–H and O–H groups in total. The molecule has 1 aliphatic carbocycles. The molecule has 1 aliphatic rings. The molecule has 5 rings (SSSR count). The van der Waals surface area contributed by atoms with Crippen LogP contribution in [0.3, 0.4) is 0 Å². The number of aliphatic carboxylic acids is 1. The lowest BCUT2D eigenvalue weighted by atomic mass is 10.0. The van der Waals surface area contributed by atoms with Crippen LogP contribution in [0.2, 0.25) is 5.02 Å². The van der Waals surface area contributed by atoms with E-state index in [4.69, 9.17) is 30.9 Å². The van der Waals surface area contributed by atoms with Gasteiger partial charge in [0.25, 0.3) is 0 Å². The van der Waals surface area contributed by atoms with Crippen molar-refractivity contribution in [1.82, 2.24) is 4.98 Å². The highest BCUT2D eigenvalue weighted by Crippen LogP contribution is 2.48. The van der Waals surface area contributed by atoms with E-state index in [0.29, 0.717) is 46.6 Å². The van der Waals surface area contributed by atoms with Crippen molar-refractivity contribution in [2.75, 3.05) is 24.4 Å². The van der Waals surface area contributed by atoms with E-state index in [1.807, 2.05) is 0 Å². The van der Waals surface area contributed by atoms with Gasteiger partial charge in [-0.05, 0) is 67.4 Å². The van der Waals surface area contributed by atoms with Crippen LogP contribution in [0.4, 0.5) is 15.8 Å². The number of anilines is 2. The largest absolute Gasteiger partial charge is 0.493 e. The van der Waals surface area contributed by atoms with Gasteiger partial charge in [-0.3, -0.25) is 14.6 Å². The number of nitrogens with zero attached hydrogens (tertiary/aromatic N) is 1. The van der Waals surface area contributed by atoms with Gasteiger partial charge in [0, 0.05) is 29.0 Å². The minimum atomic E-state index is -1.22. The van der Waals surface area contributed by atoms with Crippen molar-refractivity contribution in [3.05, 3.63) is 77.7 Å². The Morgan fingerprint density at radius 3 is 2.24 bits per heavy atom. The van der Waals surface area contributed by atoms with E-state index < -0.39 is 35.6 Å². The van der Waals surface area contributed by atoms with Crippen LogP contribution in [0, 0.1) is 11.2 Å². The van der Waals surface area contributed by atoms with Crippen LogP contribution in [0.15, 0.2) is 66.9 Å². The second-order valence-corrected chi connectivity index (χ2v) is 9.66. The fourth-order valence-corrected chi connectivity index (χ4v) is 4.35. The summed E-state index contributed by atoms with van der Waals surface area (Å²) in [6.07, 6.45) is 2.27. The third kappa shape index (κ3) is 5.99. The Labute approximate surface area is 238 Å². The number of fused-ring (bicyclic) bond motifs is 1. The van der Waals surface area contributed by atoms with Gasteiger partial charge in [0.2, 0.25) is 11.8 Å². The lowest BCUT2D eigenvalue weighted by molar-refractivity contribution is -0.139. The molecule has 10 nitrogen and oxygen atoms in total. The molecular weight excluding hydrogens is 557 g/mol. The molecule has 0 aliphatic heterocycles. The van der Waals surface area contributed by atoms with Crippen molar-refractivity contribution >= 4 is 51.7 Å². The lowest BCUT2D eigenvalue weighted by Gasteiger charge is -2.16. The van der Waals surface area contributed by atoms with Crippen molar-refractivity contribution in [3.63, 3.8) is 0 Å². The summed E-state index contributed by atoms with van der Waals surface area (Å²) in [6, 6.07) is 14.8. The number of ether oxygens (including phenoxy) is 3. The minimum absolute atomic E-state index is 0.196. The molecule has 3 aromatic carbocycles.